The number of benzene rings is 2. The van der Waals surface area contributed by atoms with Crippen LogP contribution >= 0.6 is 0 Å². The van der Waals surface area contributed by atoms with Crippen LogP contribution in [0.15, 0.2) is 36.4 Å². The predicted molar refractivity (Wildman–Crippen MR) is 74.7 cm³/mol. The Balaban J connectivity index is 2.25. The van der Waals surface area contributed by atoms with Crippen molar-refractivity contribution >= 4 is 17.3 Å². The number of carbonyl (C=O) groups excluding carboxylic acids is 1. The number of nitrogens with one attached hydrogen (secondary N) is 1. The molecule has 0 aliphatic heterocycles. The summed E-state index contributed by atoms with van der Waals surface area (Å²) in [5.41, 5.74) is 8.45. The predicted octanol–water partition coefficient (Wildman–Crippen LogP) is 3.28. The van der Waals surface area contributed by atoms with Crippen LogP contribution in [0.5, 0.6) is 0 Å². The van der Waals surface area contributed by atoms with Gasteiger partial charge in [-0.15, -0.1) is 0 Å². The molecule has 0 fully saturated rings. The highest BCUT2D eigenvalue weighted by Gasteiger charge is 2.10. The van der Waals surface area contributed by atoms with E-state index in [9.17, 15) is 9.18 Å². The SMILES string of the molecule is Cc1ccc(NC(=O)c2cc(N)ccc2C)cc1F. The molecule has 0 saturated heterocycles. The van der Waals surface area contributed by atoms with Gasteiger partial charge in [-0.2, -0.15) is 0 Å². The number of hydrogen-bond donors (Lipinski definition) is 2. The highest BCUT2D eigenvalue weighted by Crippen LogP contribution is 2.17. The van der Waals surface area contributed by atoms with Gasteiger partial charge in [0.25, 0.3) is 5.91 Å². The second-order valence-corrected chi connectivity index (χ2v) is 4.49. The van der Waals surface area contributed by atoms with Crippen LogP contribution in [-0.2, 0) is 0 Å². The number of nitrogen functional groups attached to an aromatic ring is 1. The van der Waals surface area contributed by atoms with E-state index in [1.54, 1.807) is 37.3 Å². The summed E-state index contributed by atoms with van der Waals surface area (Å²) in [5.74, 6) is -0.643. The van der Waals surface area contributed by atoms with Crippen molar-refractivity contribution in [1.29, 1.82) is 0 Å². The lowest BCUT2D eigenvalue weighted by molar-refractivity contribution is 0.102. The number of hydrogen-bond acceptors (Lipinski definition) is 2. The van der Waals surface area contributed by atoms with Crippen molar-refractivity contribution < 1.29 is 9.18 Å². The molecule has 0 radical (unpaired) electrons. The first kappa shape index (κ1) is 13.1. The largest absolute Gasteiger partial charge is 0.399 e. The highest BCUT2D eigenvalue weighted by molar-refractivity contribution is 6.05. The molecule has 0 saturated carbocycles. The number of rotatable bonds is 2. The van der Waals surface area contributed by atoms with Crippen LogP contribution in [0.3, 0.4) is 0 Å². The van der Waals surface area contributed by atoms with E-state index >= 15 is 0 Å². The molecular weight excluding hydrogens is 243 g/mol. The van der Waals surface area contributed by atoms with E-state index in [1.165, 1.54) is 6.07 Å². The van der Waals surface area contributed by atoms with Crippen LogP contribution in [0.4, 0.5) is 15.8 Å². The molecule has 0 spiro atoms. The van der Waals surface area contributed by atoms with Gasteiger partial charge >= 0.3 is 0 Å². The molecular formula is C15H15FN2O. The quantitative estimate of drug-likeness (QED) is 0.812. The normalized spacial score (nSPS) is 10.3. The van der Waals surface area contributed by atoms with Crippen LogP contribution in [-0.4, -0.2) is 5.91 Å². The van der Waals surface area contributed by atoms with Crippen LogP contribution in [0, 0.1) is 19.7 Å². The lowest BCUT2D eigenvalue weighted by Gasteiger charge is -2.09. The van der Waals surface area contributed by atoms with Gasteiger partial charge in [0.1, 0.15) is 5.82 Å². The van der Waals surface area contributed by atoms with E-state index in [1.807, 2.05) is 6.92 Å². The number of aryl methyl sites for hydroxylation is 2. The van der Waals surface area contributed by atoms with Crippen LogP contribution in [0.25, 0.3) is 0 Å². The number of anilines is 2. The number of carbonyl (C=O) groups is 1. The van der Waals surface area contributed by atoms with E-state index < -0.39 is 0 Å². The van der Waals surface area contributed by atoms with Crippen LogP contribution < -0.4 is 11.1 Å². The second-order valence-electron chi connectivity index (χ2n) is 4.49. The zero-order valence-corrected chi connectivity index (χ0v) is 10.8. The lowest BCUT2D eigenvalue weighted by Crippen LogP contribution is -2.14. The van der Waals surface area contributed by atoms with Crippen molar-refractivity contribution in [3.05, 3.63) is 58.9 Å². The fourth-order valence-electron chi connectivity index (χ4n) is 1.75. The Morgan fingerprint density at radius 3 is 2.47 bits per heavy atom. The van der Waals surface area contributed by atoms with Gasteiger partial charge in [0.2, 0.25) is 0 Å². The maximum atomic E-state index is 13.4. The molecule has 0 aliphatic carbocycles. The zero-order chi connectivity index (χ0) is 14.0. The van der Waals surface area contributed by atoms with Gasteiger partial charge in [0, 0.05) is 16.9 Å². The average Bonchev–Trinajstić information content (AvgIpc) is 2.36. The minimum absolute atomic E-state index is 0.298. The maximum absolute atomic E-state index is 13.4. The summed E-state index contributed by atoms with van der Waals surface area (Å²) in [6.07, 6.45) is 0. The second kappa shape index (κ2) is 5.10. The summed E-state index contributed by atoms with van der Waals surface area (Å²) in [6.45, 7) is 3.49. The fourth-order valence-corrected chi connectivity index (χ4v) is 1.75. The summed E-state index contributed by atoms with van der Waals surface area (Å²) < 4.78 is 13.4. The van der Waals surface area contributed by atoms with Crippen molar-refractivity contribution in [2.75, 3.05) is 11.1 Å². The molecule has 0 aromatic heterocycles. The molecule has 0 bridgehead atoms. The summed E-state index contributed by atoms with van der Waals surface area (Å²) >= 11 is 0. The van der Waals surface area contributed by atoms with Crippen molar-refractivity contribution in [3.8, 4) is 0 Å². The summed E-state index contributed by atoms with van der Waals surface area (Å²) in [6, 6.07) is 9.71. The van der Waals surface area contributed by atoms with Gasteiger partial charge in [0.05, 0.1) is 0 Å². The van der Waals surface area contributed by atoms with Crippen molar-refractivity contribution in [1.82, 2.24) is 0 Å². The molecule has 2 rings (SSSR count). The first-order valence-corrected chi connectivity index (χ1v) is 5.91. The fraction of sp³-hybridized carbons (Fsp3) is 0.133. The van der Waals surface area contributed by atoms with Gasteiger partial charge in [-0.05, 0) is 49.2 Å². The molecule has 2 aromatic carbocycles. The van der Waals surface area contributed by atoms with E-state index in [-0.39, 0.29) is 11.7 Å². The molecule has 2 aromatic rings. The molecule has 3 N–H and O–H groups in total. The van der Waals surface area contributed by atoms with Crippen LogP contribution in [0.1, 0.15) is 21.5 Å². The Hall–Kier alpha value is -2.36. The smallest absolute Gasteiger partial charge is 0.256 e. The minimum Gasteiger partial charge on any atom is -0.399 e. The highest BCUT2D eigenvalue weighted by atomic mass is 19.1. The number of nitrogens with two attached hydrogens (primary N) is 1. The number of halogens is 1. The third-order valence-corrected chi connectivity index (χ3v) is 2.94. The molecule has 3 nitrogen and oxygen atoms in total. The molecule has 0 unspecified atom stereocenters. The Morgan fingerprint density at radius 1 is 1.11 bits per heavy atom. The van der Waals surface area contributed by atoms with Crippen molar-refractivity contribution in [3.63, 3.8) is 0 Å². The summed E-state index contributed by atoms with van der Waals surface area (Å²) in [5, 5.41) is 2.66. The molecule has 4 heteroatoms. The molecule has 0 aliphatic rings. The minimum atomic E-state index is -0.345. The Kier molecular flexibility index (Phi) is 3.51. The third kappa shape index (κ3) is 2.91. The van der Waals surface area contributed by atoms with Crippen molar-refractivity contribution in [2.24, 2.45) is 0 Å². The molecule has 19 heavy (non-hydrogen) atoms. The summed E-state index contributed by atoms with van der Waals surface area (Å²) in [4.78, 5) is 12.1. The first-order valence-electron chi connectivity index (χ1n) is 5.91. The molecule has 1 amide bonds. The van der Waals surface area contributed by atoms with Gasteiger partial charge in [-0.1, -0.05) is 12.1 Å². The monoisotopic (exact) mass is 258 g/mol. The Labute approximate surface area is 111 Å². The van der Waals surface area contributed by atoms with Gasteiger partial charge in [-0.25, -0.2) is 4.39 Å². The summed E-state index contributed by atoms with van der Waals surface area (Å²) in [7, 11) is 0. The molecule has 0 heterocycles. The Morgan fingerprint density at radius 2 is 1.79 bits per heavy atom. The first-order chi connectivity index (χ1) is 8.97. The third-order valence-electron chi connectivity index (χ3n) is 2.94. The van der Waals surface area contributed by atoms with Gasteiger partial charge in [-0.3, -0.25) is 4.79 Å². The van der Waals surface area contributed by atoms with Gasteiger partial charge < -0.3 is 11.1 Å². The van der Waals surface area contributed by atoms with E-state index in [0.717, 1.165) is 5.56 Å². The molecule has 98 valence electrons. The van der Waals surface area contributed by atoms with E-state index in [0.29, 0.717) is 22.5 Å². The number of amides is 1. The van der Waals surface area contributed by atoms with E-state index in [4.69, 9.17) is 5.73 Å². The average molecular weight is 258 g/mol. The van der Waals surface area contributed by atoms with Gasteiger partial charge in [0.15, 0.2) is 0 Å². The topological polar surface area (TPSA) is 55.1 Å². The molecule has 0 atom stereocenters. The maximum Gasteiger partial charge on any atom is 0.256 e. The zero-order valence-electron chi connectivity index (χ0n) is 10.8. The standard InChI is InChI=1S/C15H15FN2O/c1-9-3-5-11(17)7-13(9)15(19)18-12-6-4-10(2)14(16)8-12/h3-8H,17H2,1-2H3,(H,18,19). The van der Waals surface area contributed by atoms with Crippen LogP contribution in [0.2, 0.25) is 0 Å². The lowest BCUT2D eigenvalue weighted by atomic mass is 10.1. The Bertz CT molecular complexity index is 638. The van der Waals surface area contributed by atoms with Crippen molar-refractivity contribution in [2.45, 2.75) is 13.8 Å². The van der Waals surface area contributed by atoms with E-state index in [2.05, 4.69) is 5.32 Å².